The van der Waals surface area contributed by atoms with Crippen LogP contribution in [0.2, 0.25) is 0 Å². The number of ether oxygens (including phenoxy) is 1. The van der Waals surface area contributed by atoms with Gasteiger partial charge in [-0.2, -0.15) is 5.10 Å². The molecule has 2 amide bonds. The summed E-state index contributed by atoms with van der Waals surface area (Å²) >= 11 is 1.68. The van der Waals surface area contributed by atoms with Gasteiger partial charge in [0.15, 0.2) is 0 Å². The van der Waals surface area contributed by atoms with Crippen LogP contribution in [-0.4, -0.2) is 29.4 Å². The maximum absolute atomic E-state index is 12.9. The van der Waals surface area contributed by atoms with Crippen LogP contribution in [0, 0.1) is 20.8 Å². The van der Waals surface area contributed by atoms with E-state index in [1.54, 1.807) is 17.6 Å². The Labute approximate surface area is 203 Å². The number of esters is 1. The Balaban J connectivity index is 1.57. The van der Waals surface area contributed by atoms with Crippen molar-refractivity contribution in [3.63, 3.8) is 0 Å². The second-order valence-electron chi connectivity index (χ2n) is 8.46. The van der Waals surface area contributed by atoms with Crippen LogP contribution in [0.4, 0.5) is 10.5 Å². The van der Waals surface area contributed by atoms with Gasteiger partial charge in [-0.05, 0) is 77.1 Å². The van der Waals surface area contributed by atoms with Crippen LogP contribution in [-0.2, 0) is 17.6 Å². The van der Waals surface area contributed by atoms with E-state index >= 15 is 0 Å². The lowest BCUT2D eigenvalue weighted by Gasteiger charge is -2.13. The zero-order valence-electron chi connectivity index (χ0n) is 20.0. The fourth-order valence-corrected chi connectivity index (χ4v) is 5.80. The topological polar surface area (TPSA) is 84.7 Å². The Bertz CT molecular complexity index is 1240. The lowest BCUT2D eigenvalue weighted by Crippen LogP contribution is -2.24. The summed E-state index contributed by atoms with van der Waals surface area (Å²) in [6, 6.07) is 9.14. The third-order valence-electron chi connectivity index (χ3n) is 5.98. The molecule has 8 heteroatoms. The van der Waals surface area contributed by atoms with Crippen molar-refractivity contribution in [1.29, 1.82) is 0 Å². The first-order valence-corrected chi connectivity index (χ1v) is 12.4. The van der Waals surface area contributed by atoms with Crippen molar-refractivity contribution in [3.8, 4) is 5.00 Å². The number of hydrazone groups is 1. The number of aryl methyl sites for hydroxylation is 3. The molecule has 3 aromatic rings. The van der Waals surface area contributed by atoms with E-state index in [0.29, 0.717) is 17.9 Å². The Hall–Kier alpha value is -3.39. The monoisotopic (exact) mass is 478 g/mol. The Morgan fingerprint density at radius 2 is 1.88 bits per heavy atom. The van der Waals surface area contributed by atoms with Gasteiger partial charge in [-0.25, -0.2) is 15.0 Å². The highest BCUT2D eigenvalue weighted by atomic mass is 32.1. The molecule has 0 saturated heterocycles. The number of urea groups is 1. The van der Waals surface area contributed by atoms with E-state index in [9.17, 15) is 9.59 Å². The van der Waals surface area contributed by atoms with Gasteiger partial charge in [0.25, 0.3) is 0 Å². The van der Waals surface area contributed by atoms with Crippen LogP contribution in [0.3, 0.4) is 0 Å². The van der Waals surface area contributed by atoms with Gasteiger partial charge in [0.2, 0.25) is 0 Å². The summed E-state index contributed by atoms with van der Waals surface area (Å²) in [7, 11) is 0. The van der Waals surface area contributed by atoms with E-state index in [1.807, 2.05) is 58.0 Å². The van der Waals surface area contributed by atoms with Crippen molar-refractivity contribution in [3.05, 3.63) is 68.9 Å². The maximum Gasteiger partial charge on any atom is 0.341 e. The van der Waals surface area contributed by atoms with Crippen LogP contribution in [0.1, 0.15) is 63.1 Å². The molecule has 0 bridgehead atoms. The van der Waals surface area contributed by atoms with E-state index in [-0.39, 0.29) is 5.97 Å². The molecule has 0 aliphatic heterocycles. The average Bonchev–Trinajstić information content (AvgIpc) is 3.32. The largest absolute Gasteiger partial charge is 0.462 e. The normalized spacial score (nSPS) is 13.1. The lowest BCUT2D eigenvalue weighted by molar-refractivity contribution is 0.0525. The minimum Gasteiger partial charge on any atom is -0.462 e. The zero-order chi connectivity index (χ0) is 24.2. The average molecular weight is 479 g/mol. The number of nitrogens with one attached hydrogen (secondary N) is 2. The lowest BCUT2D eigenvalue weighted by atomic mass is 9.95. The number of carbonyl (C=O) groups is 2. The number of nitrogens with zero attached hydrogens (tertiary/aromatic N) is 2. The SMILES string of the molecule is CCOC(=O)c1c(-n2c(C)cc(/C=N/NC(=O)Nc3ccc(C)cc3)c2C)sc2c1CCCC2. The van der Waals surface area contributed by atoms with Crippen molar-refractivity contribution >= 4 is 35.2 Å². The molecule has 0 unspecified atom stereocenters. The van der Waals surface area contributed by atoms with Crippen LogP contribution in [0.15, 0.2) is 35.4 Å². The fourth-order valence-electron chi connectivity index (χ4n) is 4.31. The highest BCUT2D eigenvalue weighted by Crippen LogP contribution is 2.39. The molecule has 2 N–H and O–H groups in total. The molecule has 0 spiro atoms. The minimum atomic E-state index is -0.413. The van der Waals surface area contributed by atoms with Crippen LogP contribution in [0.5, 0.6) is 0 Å². The molecule has 2 heterocycles. The summed E-state index contributed by atoms with van der Waals surface area (Å²) < 4.78 is 7.52. The van der Waals surface area contributed by atoms with Gasteiger partial charge in [0, 0.05) is 27.5 Å². The quantitative estimate of drug-likeness (QED) is 0.272. The van der Waals surface area contributed by atoms with Gasteiger partial charge < -0.3 is 14.6 Å². The third-order valence-corrected chi connectivity index (χ3v) is 7.26. The number of benzene rings is 1. The van der Waals surface area contributed by atoms with E-state index in [4.69, 9.17) is 4.74 Å². The minimum absolute atomic E-state index is 0.255. The molecular formula is C26H30N4O3S. The molecule has 1 aromatic carbocycles. The highest BCUT2D eigenvalue weighted by Gasteiger charge is 2.28. The van der Waals surface area contributed by atoms with Crippen LogP contribution < -0.4 is 10.7 Å². The molecule has 0 atom stereocenters. The Kier molecular flexibility index (Phi) is 7.17. The summed E-state index contributed by atoms with van der Waals surface area (Å²) in [5.74, 6) is -0.255. The molecule has 7 nitrogen and oxygen atoms in total. The van der Waals surface area contributed by atoms with Gasteiger partial charge in [0.05, 0.1) is 18.4 Å². The number of anilines is 1. The van der Waals surface area contributed by atoms with Crippen molar-refractivity contribution in [2.24, 2.45) is 5.10 Å². The summed E-state index contributed by atoms with van der Waals surface area (Å²) in [4.78, 5) is 26.4. The number of fused-ring (bicyclic) bond motifs is 1. The van der Waals surface area contributed by atoms with E-state index < -0.39 is 6.03 Å². The van der Waals surface area contributed by atoms with Crippen molar-refractivity contribution in [2.75, 3.05) is 11.9 Å². The molecule has 0 saturated carbocycles. The van der Waals surface area contributed by atoms with E-state index in [1.165, 1.54) is 4.88 Å². The van der Waals surface area contributed by atoms with E-state index in [2.05, 4.69) is 20.4 Å². The van der Waals surface area contributed by atoms with E-state index in [0.717, 1.165) is 58.8 Å². The second-order valence-corrected chi connectivity index (χ2v) is 9.55. The predicted octanol–water partition coefficient (Wildman–Crippen LogP) is 5.68. The first kappa shape index (κ1) is 23.8. The molecule has 4 rings (SSSR count). The second kappa shape index (κ2) is 10.3. The van der Waals surface area contributed by atoms with Gasteiger partial charge >= 0.3 is 12.0 Å². The molecule has 0 fully saturated rings. The van der Waals surface area contributed by atoms with Crippen molar-refractivity contribution < 1.29 is 14.3 Å². The van der Waals surface area contributed by atoms with Gasteiger partial charge in [-0.3, -0.25) is 0 Å². The standard InChI is InChI=1S/C26H30N4O3S/c1-5-33-25(31)23-21-8-6-7-9-22(21)34-24(23)30-17(3)14-19(18(30)4)15-27-29-26(32)28-20-12-10-16(2)11-13-20/h10-15H,5-9H2,1-4H3,(H2,28,29,32)/b27-15+. The van der Waals surface area contributed by atoms with Gasteiger partial charge in [-0.1, -0.05) is 17.7 Å². The molecule has 0 radical (unpaired) electrons. The Morgan fingerprint density at radius 1 is 1.15 bits per heavy atom. The molecular weight excluding hydrogens is 448 g/mol. The number of rotatable bonds is 6. The molecule has 2 aromatic heterocycles. The number of hydrogen-bond acceptors (Lipinski definition) is 5. The highest BCUT2D eigenvalue weighted by molar-refractivity contribution is 7.15. The zero-order valence-corrected chi connectivity index (χ0v) is 20.8. The van der Waals surface area contributed by atoms with Crippen molar-refractivity contribution in [2.45, 2.75) is 53.4 Å². The summed E-state index contributed by atoms with van der Waals surface area (Å²) in [5.41, 5.74) is 8.99. The number of aromatic nitrogens is 1. The fraction of sp³-hybridized carbons (Fsp3) is 0.346. The number of amides is 2. The smallest absolute Gasteiger partial charge is 0.341 e. The van der Waals surface area contributed by atoms with Gasteiger partial charge in [-0.15, -0.1) is 11.3 Å². The first-order valence-electron chi connectivity index (χ1n) is 11.6. The number of thiophene rings is 1. The number of carbonyl (C=O) groups excluding carboxylic acids is 2. The Morgan fingerprint density at radius 3 is 2.62 bits per heavy atom. The predicted molar refractivity (Wildman–Crippen MR) is 137 cm³/mol. The maximum atomic E-state index is 12.9. The molecule has 34 heavy (non-hydrogen) atoms. The van der Waals surface area contributed by atoms with Crippen LogP contribution >= 0.6 is 11.3 Å². The summed E-state index contributed by atoms with van der Waals surface area (Å²) in [6.45, 7) is 8.18. The molecule has 1 aliphatic rings. The van der Waals surface area contributed by atoms with Gasteiger partial charge in [0.1, 0.15) is 5.00 Å². The number of hydrogen-bond donors (Lipinski definition) is 2. The van der Waals surface area contributed by atoms with Crippen molar-refractivity contribution in [1.82, 2.24) is 9.99 Å². The summed E-state index contributed by atoms with van der Waals surface area (Å²) in [5, 5.41) is 7.79. The van der Waals surface area contributed by atoms with Crippen LogP contribution in [0.25, 0.3) is 5.00 Å². The summed E-state index contributed by atoms with van der Waals surface area (Å²) in [6.07, 6.45) is 5.78. The first-order chi connectivity index (χ1) is 16.4. The molecule has 178 valence electrons. The molecule has 1 aliphatic carbocycles. The third kappa shape index (κ3) is 4.92.